The Kier molecular flexibility index (Phi) is 4.50. The average molecular weight is 260 g/mol. The first-order valence-electron chi connectivity index (χ1n) is 5.52. The van der Waals surface area contributed by atoms with Crippen molar-refractivity contribution in [3.05, 3.63) is 34.6 Å². The fourth-order valence-corrected chi connectivity index (χ4v) is 3.41. The van der Waals surface area contributed by atoms with Crippen LogP contribution in [0.4, 0.5) is 4.39 Å². The Morgan fingerprint density at radius 1 is 1.38 bits per heavy atom. The number of rotatable bonds is 3. The Morgan fingerprint density at radius 2 is 2.12 bits per heavy atom. The highest BCUT2D eigenvalue weighted by Gasteiger charge is 2.15. The third-order valence-electron chi connectivity index (χ3n) is 2.81. The molecule has 1 saturated heterocycles. The second kappa shape index (κ2) is 5.89. The molecule has 1 aliphatic heterocycles. The molecule has 0 spiro atoms. The smallest absolute Gasteiger partial charge is 0.128 e. The molecule has 16 heavy (non-hydrogen) atoms. The van der Waals surface area contributed by atoms with Crippen molar-refractivity contribution in [1.82, 2.24) is 5.32 Å². The lowest BCUT2D eigenvalue weighted by molar-refractivity contribution is 0.531. The molecule has 0 atom stereocenters. The Morgan fingerprint density at radius 3 is 2.81 bits per heavy atom. The lowest BCUT2D eigenvalue weighted by Crippen LogP contribution is -2.29. The first-order chi connectivity index (χ1) is 7.77. The van der Waals surface area contributed by atoms with Crippen LogP contribution in [0.3, 0.4) is 0 Å². The van der Waals surface area contributed by atoms with E-state index in [4.69, 9.17) is 11.6 Å². The van der Waals surface area contributed by atoms with Crippen molar-refractivity contribution in [1.29, 1.82) is 0 Å². The SMILES string of the molecule is Fc1cccc(Cl)c1CSC1CCNCC1. The van der Waals surface area contributed by atoms with E-state index in [9.17, 15) is 4.39 Å². The minimum absolute atomic E-state index is 0.186. The fraction of sp³-hybridized carbons (Fsp3) is 0.500. The van der Waals surface area contributed by atoms with Gasteiger partial charge in [-0.05, 0) is 38.1 Å². The van der Waals surface area contributed by atoms with E-state index in [0.29, 0.717) is 21.6 Å². The van der Waals surface area contributed by atoms with E-state index < -0.39 is 0 Å². The molecule has 0 unspecified atom stereocenters. The van der Waals surface area contributed by atoms with Gasteiger partial charge >= 0.3 is 0 Å². The van der Waals surface area contributed by atoms with E-state index in [2.05, 4.69) is 5.32 Å². The van der Waals surface area contributed by atoms with Gasteiger partial charge < -0.3 is 5.32 Å². The van der Waals surface area contributed by atoms with Gasteiger partial charge in [-0.1, -0.05) is 17.7 Å². The summed E-state index contributed by atoms with van der Waals surface area (Å²) in [6.07, 6.45) is 2.33. The molecule has 1 nitrogen and oxygen atoms in total. The van der Waals surface area contributed by atoms with Crippen LogP contribution in [0.1, 0.15) is 18.4 Å². The second-order valence-electron chi connectivity index (χ2n) is 3.96. The van der Waals surface area contributed by atoms with Crippen LogP contribution >= 0.6 is 23.4 Å². The predicted octanol–water partition coefficient (Wildman–Crippen LogP) is 3.46. The Bertz CT molecular complexity index is 333. The summed E-state index contributed by atoms with van der Waals surface area (Å²) >= 11 is 7.80. The van der Waals surface area contributed by atoms with Gasteiger partial charge in [0, 0.05) is 21.6 Å². The molecule has 1 aromatic carbocycles. The largest absolute Gasteiger partial charge is 0.317 e. The highest BCUT2D eigenvalue weighted by atomic mass is 35.5. The van der Waals surface area contributed by atoms with Gasteiger partial charge in [0.1, 0.15) is 5.82 Å². The van der Waals surface area contributed by atoms with Crippen molar-refractivity contribution < 1.29 is 4.39 Å². The summed E-state index contributed by atoms with van der Waals surface area (Å²) in [6, 6.07) is 4.88. The Balaban J connectivity index is 1.93. The minimum Gasteiger partial charge on any atom is -0.317 e. The lowest BCUT2D eigenvalue weighted by atomic mass is 10.2. The van der Waals surface area contributed by atoms with E-state index in [1.54, 1.807) is 12.1 Å². The van der Waals surface area contributed by atoms with Crippen LogP contribution in [0.2, 0.25) is 5.02 Å². The summed E-state index contributed by atoms with van der Waals surface area (Å²) < 4.78 is 13.5. The molecule has 0 aromatic heterocycles. The Labute approximate surface area is 105 Å². The molecule has 1 N–H and O–H groups in total. The summed E-state index contributed by atoms with van der Waals surface area (Å²) in [6.45, 7) is 2.14. The summed E-state index contributed by atoms with van der Waals surface area (Å²) in [4.78, 5) is 0. The standard InChI is InChI=1S/C12H15ClFNS/c13-11-2-1-3-12(14)10(11)8-16-9-4-6-15-7-5-9/h1-3,9,15H,4-8H2. The minimum atomic E-state index is -0.186. The molecule has 0 saturated carbocycles. The molecule has 0 bridgehead atoms. The molecule has 2 rings (SSSR count). The van der Waals surface area contributed by atoms with Crippen molar-refractivity contribution in [3.8, 4) is 0 Å². The van der Waals surface area contributed by atoms with Gasteiger partial charge in [-0.25, -0.2) is 4.39 Å². The van der Waals surface area contributed by atoms with Crippen LogP contribution in [0, 0.1) is 5.82 Å². The lowest BCUT2D eigenvalue weighted by Gasteiger charge is -2.22. The van der Waals surface area contributed by atoms with Crippen molar-refractivity contribution in [2.45, 2.75) is 23.8 Å². The third-order valence-corrected chi connectivity index (χ3v) is 4.56. The highest BCUT2D eigenvalue weighted by Crippen LogP contribution is 2.29. The molecule has 0 radical (unpaired) electrons. The molecular formula is C12H15ClFNS. The second-order valence-corrected chi connectivity index (χ2v) is 5.66. The maximum Gasteiger partial charge on any atom is 0.128 e. The van der Waals surface area contributed by atoms with Crippen LogP contribution in [0.15, 0.2) is 18.2 Å². The van der Waals surface area contributed by atoms with Crippen LogP contribution in [0.5, 0.6) is 0 Å². The van der Waals surface area contributed by atoms with Gasteiger partial charge in [-0.15, -0.1) is 0 Å². The topological polar surface area (TPSA) is 12.0 Å². The zero-order valence-corrected chi connectivity index (χ0v) is 10.6. The average Bonchev–Trinajstić information content (AvgIpc) is 2.30. The number of hydrogen-bond donors (Lipinski definition) is 1. The van der Waals surface area contributed by atoms with E-state index in [0.717, 1.165) is 25.9 Å². The number of hydrogen-bond acceptors (Lipinski definition) is 2. The number of piperidine rings is 1. The van der Waals surface area contributed by atoms with Crippen LogP contribution in [0.25, 0.3) is 0 Å². The summed E-state index contributed by atoms with van der Waals surface area (Å²) in [5.74, 6) is 0.491. The van der Waals surface area contributed by atoms with Crippen molar-refractivity contribution >= 4 is 23.4 Å². The van der Waals surface area contributed by atoms with Gasteiger partial charge in [-0.3, -0.25) is 0 Å². The Hall–Kier alpha value is -0.250. The monoisotopic (exact) mass is 259 g/mol. The highest BCUT2D eigenvalue weighted by molar-refractivity contribution is 7.99. The van der Waals surface area contributed by atoms with Crippen LogP contribution in [-0.2, 0) is 5.75 Å². The third kappa shape index (κ3) is 3.12. The van der Waals surface area contributed by atoms with Crippen LogP contribution < -0.4 is 5.32 Å². The summed E-state index contributed by atoms with van der Waals surface area (Å²) in [5.41, 5.74) is 0.646. The zero-order chi connectivity index (χ0) is 11.4. The van der Waals surface area contributed by atoms with E-state index >= 15 is 0 Å². The quantitative estimate of drug-likeness (QED) is 0.892. The first-order valence-corrected chi connectivity index (χ1v) is 6.95. The summed E-state index contributed by atoms with van der Waals surface area (Å²) in [5, 5.41) is 4.50. The molecule has 0 aliphatic carbocycles. The van der Waals surface area contributed by atoms with Gasteiger partial charge in [0.25, 0.3) is 0 Å². The molecule has 1 aliphatic rings. The van der Waals surface area contributed by atoms with Gasteiger partial charge in [0.05, 0.1) is 0 Å². The first kappa shape index (κ1) is 12.2. The molecule has 4 heteroatoms. The normalized spacial score (nSPS) is 17.6. The van der Waals surface area contributed by atoms with Crippen molar-refractivity contribution in [2.75, 3.05) is 13.1 Å². The number of nitrogens with one attached hydrogen (secondary N) is 1. The fourth-order valence-electron chi connectivity index (χ4n) is 1.83. The van der Waals surface area contributed by atoms with Crippen molar-refractivity contribution in [3.63, 3.8) is 0 Å². The van der Waals surface area contributed by atoms with Crippen LogP contribution in [-0.4, -0.2) is 18.3 Å². The molecule has 88 valence electrons. The summed E-state index contributed by atoms with van der Waals surface area (Å²) in [7, 11) is 0. The van der Waals surface area contributed by atoms with Gasteiger partial charge in [0.15, 0.2) is 0 Å². The molecule has 1 fully saturated rings. The number of benzene rings is 1. The molecule has 1 heterocycles. The molecular weight excluding hydrogens is 245 g/mol. The van der Waals surface area contributed by atoms with Gasteiger partial charge in [0.2, 0.25) is 0 Å². The van der Waals surface area contributed by atoms with E-state index in [1.807, 2.05) is 11.8 Å². The maximum absolute atomic E-state index is 13.5. The maximum atomic E-state index is 13.5. The van der Waals surface area contributed by atoms with Gasteiger partial charge in [-0.2, -0.15) is 11.8 Å². The van der Waals surface area contributed by atoms with Crippen molar-refractivity contribution in [2.24, 2.45) is 0 Å². The molecule has 1 aromatic rings. The zero-order valence-electron chi connectivity index (χ0n) is 9.01. The predicted molar refractivity (Wildman–Crippen MR) is 68.6 cm³/mol. The number of halogens is 2. The van der Waals surface area contributed by atoms with E-state index in [1.165, 1.54) is 6.07 Å². The van der Waals surface area contributed by atoms with E-state index in [-0.39, 0.29) is 5.82 Å². The molecule has 0 amide bonds. The number of thioether (sulfide) groups is 1.